The molecule has 0 aliphatic carbocycles. The van der Waals surface area contributed by atoms with Gasteiger partial charge < -0.3 is 11.1 Å². The van der Waals surface area contributed by atoms with E-state index in [1.165, 1.54) is 6.20 Å². The number of nitrogens with zero attached hydrogens (tertiary/aromatic N) is 3. The summed E-state index contributed by atoms with van der Waals surface area (Å²) in [5.74, 6) is -0.183. The van der Waals surface area contributed by atoms with E-state index in [0.29, 0.717) is 24.5 Å². The van der Waals surface area contributed by atoms with Crippen molar-refractivity contribution in [3.8, 4) is 0 Å². The highest BCUT2D eigenvalue weighted by atomic mass is 16.1. The minimum absolute atomic E-state index is 0.183. The van der Waals surface area contributed by atoms with Gasteiger partial charge in [-0.15, -0.1) is 0 Å². The first kappa shape index (κ1) is 10.2. The Morgan fingerprint density at radius 1 is 1.62 bits per heavy atom. The molecule has 1 amide bonds. The first-order chi connectivity index (χ1) is 7.75. The summed E-state index contributed by atoms with van der Waals surface area (Å²) in [6.45, 7) is 1.07. The second-order valence-electron chi connectivity index (χ2n) is 3.26. The Hall–Kier alpha value is -2.31. The number of nitrogen functional groups attached to an aromatic ring is 1. The van der Waals surface area contributed by atoms with Crippen molar-refractivity contribution in [1.29, 1.82) is 0 Å². The average Bonchev–Trinajstić information content (AvgIpc) is 2.89. The number of carbonyl (C=O) groups is 1. The quantitative estimate of drug-likeness (QED) is 0.653. The van der Waals surface area contributed by atoms with Crippen LogP contribution in [0.4, 0.5) is 5.69 Å². The van der Waals surface area contributed by atoms with Crippen LogP contribution in [-0.4, -0.2) is 32.4 Å². The maximum Gasteiger partial charge on any atom is 0.269 e. The lowest BCUT2D eigenvalue weighted by molar-refractivity contribution is 0.0947. The summed E-state index contributed by atoms with van der Waals surface area (Å²) in [5.41, 5.74) is 6.56. The topological polar surface area (TPSA) is 102 Å². The van der Waals surface area contributed by atoms with Crippen LogP contribution in [0.2, 0.25) is 0 Å². The number of amides is 1. The molecule has 0 spiro atoms. The van der Waals surface area contributed by atoms with Crippen LogP contribution < -0.4 is 11.1 Å². The maximum atomic E-state index is 11.5. The first-order valence-corrected chi connectivity index (χ1v) is 4.81. The van der Waals surface area contributed by atoms with E-state index in [0.717, 1.165) is 0 Å². The van der Waals surface area contributed by atoms with Gasteiger partial charge in [-0.25, -0.2) is 0 Å². The summed E-state index contributed by atoms with van der Waals surface area (Å²) in [6.07, 6.45) is 4.81. The SMILES string of the molecule is Nc1cnn(CCNC(=O)c2ccn[nH]2)c1. The number of anilines is 1. The molecule has 4 N–H and O–H groups in total. The van der Waals surface area contributed by atoms with Gasteiger partial charge in [0.15, 0.2) is 0 Å². The molecule has 2 rings (SSSR count). The molecule has 2 aromatic rings. The minimum Gasteiger partial charge on any atom is -0.396 e. The molecule has 16 heavy (non-hydrogen) atoms. The van der Waals surface area contributed by atoms with Gasteiger partial charge in [-0.3, -0.25) is 14.6 Å². The zero-order chi connectivity index (χ0) is 11.4. The Kier molecular flexibility index (Phi) is 2.86. The molecule has 2 heterocycles. The Bertz CT molecular complexity index is 460. The third kappa shape index (κ3) is 2.38. The van der Waals surface area contributed by atoms with Crippen LogP contribution in [0.3, 0.4) is 0 Å². The number of hydrogen-bond acceptors (Lipinski definition) is 4. The molecule has 0 atom stereocenters. The molecule has 0 unspecified atom stereocenters. The summed E-state index contributed by atoms with van der Waals surface area (Å²) in [5, 5.41) is 13.0. The highest BCUT2D eigenvalue weighted by molar-refractivity contribution is 5.91. The molecule has 0 saturated heterocycles. The summed E-state index contributed by atoms with van der Waals surface area (Å²) in [6, 6.07) is 1.61. The van der Waals surface area contributed by atoms with Gasteiger partial charge in [0.1, 0.15) is 5.69 Å². The lowest BCUT2D eigenvalue weighted by atomic mass is 10.4. The van der Waals surface area contributed by atoms with E-state index in [1.807, 2.05) is 0 Å². The van der Waals surface area contributed by atoms with Crippen LogP contribution in [-0.2, 0) is 6.54 Å². The van der Waals surface area contributed by atoms with Gasteiger partial charge in [0.2, 0.25) is 0 Å². The molecule has 7 heteroatoms. The molecule has 84 valence electrons. The molecule has 0 bridgehead atoms. The van der Waals surface area contributed by atoms with Crippen LogP contribution in [0, 0.1) is 0 Å². The Balaban J connectivity index is 1.78. The summed E-state index contributed by atoms with van der Waals surface area (Å²) in [7, 11) is 0. The molecule has 0 saturated carbocycles. The standard InChI is InChI=1S/C9H12N6O/c10-7-5-13-15(6-7)4-3-11-9(16)8-1-2-12-14-8/h1-2,5-6H,3-4,10H2,(H,11,16)(H,12,14). The van der Waals surface area contributed by atoms with Gasteiger partial charge in [0.25, 0.3) is 5.91 Å². The van der Waals surface area contributed by atoms with Crippen LogP contribution >= 0.6 is 0 Å². The lowest BCUT2D eigenvalue weighted by Crippen LogP contribution is -2.27. The van der Waals surface area contributed by atoms with Crippen molar-refractivity contribution in [2.45, 2.75) is 6.54 Å². The highest BCUT2D eigenvalue weighted by Crippen LogP contribution is 1.96. The fourth-order valence-corrected chi connectivity index (χ4v) is 1.26. The zero-order valence-electron chi connectivity index (χ0n) is 8.55. The molecule has 0 fully saturated rings. The van der Waals surface area contributed by atoms with Crippen molar-refractivity contribution < 1.29 is 4.79 Å². The van der Waals surface area contributed by atoms with E-state index in [9.17, 15) is 4.79 Å². The highest BCUT2D eigenvalue weighted by Gasteiger charge is 2.05. The van der Waals surface area contributed by atoms with E-state index in [4.69, 9.17) is 5.73 Å². The molecule has 2 aromatic heterocycles. The van der Waals surface area contributed by atoms with E-state index in [-0.39, 0.29) is 5.91 Å². The molecule has 0 radical (unpaired) electrons. The third-order valence-electron chi connectivity index (χ3n) is 2.03. The van der Waals surface area contributed by atoms with Crippen molar-refractivity contribution in [1.82, 2.24) is 25.3 Å². The molecule has 0 aliphatic rings. The van der Waals surface area contributed by atoms with Crippen molar-refractivity contribution >= 4 is 11.6 Å². The van der Waals surface area contributed by atoms with Crippen molar-refractivity contribution in [3.63, 3.8) is 0 Å². The van der Waals surface area contributed by atoms with Crippen LogP contribution in [0.15, 0.2) is 24.7 Å². The number of aromatic nitrogens is 4. The molecular formula is C9H12N6O. The van der Waals surface area contributed by atoms with Gasteiger partial charge in [0.05, 0.1) is 18.4 Å². The smallest absolute Gasteiger partial charge is 0.269 e. The second kappa shape index (κ2) is 4.47. The summed E-state index contributed by atoms with van der Waals surface area (Å²) in [4.78, 5) is 11.5. The maximum absolute atomic E-state index is 11.5. The molecular weight excluding hydrogens is 208 g/mol. The lowest BCUT2D eigenvalue weighted by Gasteiger charge is -2.03. The number of nitrogens with two attached hydrogens (primary N) is 1. The number of hydrogen-bond donors (Lipinski definition) is 3. The van der Waals surface area contributed by atoms with Crippen molar-refractivity contribution in [2.24, 2.45) is 0 Å². The van der Waals surface area contributed by atoms with E-state index in [2.05, 4.69) is 20.6 Å². The van der Waals surface area contributed by atoms with Crippen LogP contribution in [0.25, 0.3) is 0 Å². The largest absolute Gasteiger partial charge is 0.396 e. The number of carbonyl (C=O) groups excluding carboxylic acids is 1. The molecule has 0 aromatic carbocycles. The van der Waals surface area contributed by atoms with Crippen molar-refractivity contribution in [2.75, 3.05) is 12.3 Å². The predicted molar refractivity (Wildman–Crippen MR) is 57.6 cm³/mol. The minimum atomic E-state index is -0.183. The Labute approximate surface area is 91.6 Å². The number of nitrogens with one attached hydrogen (secondary N) is 2. The summed E-state index contributed by atoms with van der Waals surface area (Å²) < 4.78 is 1.67. The predicted octanol–water partition coefficient (Wildman–Crippen LogP) is -0.382. The molecule has 0 aliphatic heterocycles. The monoisotopic (exact) mass is 220 g/mol. The Morgan fingerprint density at radius 2 is 2.50 bits per heavy atom. The average molecular weight is 220 g/mol. The number of aromatic amines is 1. The second-order valence-corrected chi connectivity index (χ2v) is 3.26. The van der Waals surface area contributed by atoms with Gasteiger partial charge in [-0.05, 0) is 6.07 Å². The van der Waals surface area contributed by atoms with E-state index in [1.54, 1.807) is 23.1 Å². The zero-order valence-corrected chi connectivity index (χ0v) is 8.55. The van der Waals surface area contributed by atoms with Crippen LogP contribution in [0.5, 0.6) is 0 Å². The third-order valence-corrected chi connectivity index (χ3v) is 2.03. The van der Waals surface area contributed by atoms with Gasteiger partial charge in [-0.2, -0.15) is 10.2 Å². The summed E-state index contributed by atoms with van der Waals surface area (Å²) >= 11 is 0. The van der Waals surface area contributed by atoms with Gasteiger partial charge >= 0.3 is 0 Å². The normalized spacial score (nSPS) is 10.2. The van der Waals surface area contributed by atoms with Crippen molar-refractivity contribution in [3.05, 3.63) is 30.4 Å². The van der Waals surface area contributed by atoms with Crippen LogP contribution in [0.1, 0.15) is 10.5 Å². The fourth-order valence-electron chi connectivity index (χ4n) is 1.26. The van der Waals surface area contributed by atoms with Gasteiger partial charge in [-0.1, -0.05) is 0 Å². The number of H-pyrrole nitrogens is 1. The Morgan fingerprint density at radius 3 is 3.12 bits per heavy atom. The fraction of sp³-hybridized carbons (Fsp3) is 0.222. The van der Waals surface area contributed by atoms with Gasteiger partial charge in [0, 0.05) is 18.9 Å². The van der Waals surface area contributed by atoms with E-state index < -0.39 is 0 Å². The van der Waals surface area contributed by atoms with E-state index >= 15 is 0 Å². The molecule has 7 nitrogen and oxygen atoms in total. The number of rotatable bonds is 4. The first-order valence-electron chi connectivity index (χ1n) is 4.81.